The zero-order chi connectivity index (χ0) is 10.9. The molecule has 2 N–H and O–H groups in total. The molecule has 1 saturated heterocycles. The number of hydrogen-bond donors (Lipinski definition) is 1. The minimum atomic E-state index is -3.62. The van der Waals surface area contributed by atoms with Crippen LogP contribution in [0.3, 0.4) is 0 Å². The molecule has 1 heterocycles. The summed E-state index contributed by atoms with van der Waals surface area (Å²) in [6.07, 6.45) is 0.183. The first-order valence-corrected chi connectivity index (χ1v) is 5.97. The molecule has 1 aliphatic rings. The molecular formula is C9H11NO4S. The molecule has 0 amide bonds. The van der Waals surface area contributed by atoms with E-state index in [9.17, 15) is 8.42 Å². The van der Waals surface area contributed by atoms with Gasteiger partial charge in [0, 0.05) is 0 Å². The van der Waals surface area contributed by atoms with E-state index >= 15 is 0 Å². The second-order valence-electron chi connectivity index (χ2n) is 3.28. The molecule has 0 radical (unpaired) electrons. The summed E-state index contributed by atoms with van der Waals surface area (Å²) in [5.74, 6) is 0.609. The van der Waals surface area contributed by atoms with Crippen LogP contribution in [0.5, 0.6) is 5.75 Å². The van der Waals surface area contributed by atoms with E-state index in [2.05, 4.69) is 0 Å². The van der Waals surface area contributed by atoms with Crippen molar-refractivity contribution in [1.82, 2.24) is 0 Å². The van der Waals surface area contributed by atoms with Gasteiger partial charge in [-0.2, -0.15) is 0 Å². The van der Waals surface area contributed by atoms with E-state index in [0.717, 1.165) is 6.61 Å². The van der Waals surface area contributed by atoms with Crippen molar-refractivity contribution in [3.8, 4) is 5.75 Å². The third kappa shape index (κ3) is 2.92. The molecule has 0 saturated carbocycles. The van der Waals surface area contributed by atoms with Crippen LogP contribution in [0.2, 0.25) is 0 Å². The zero-order valence-electron chi connectivity index (χ0n) is 7.92. The molecule has 2 rings (SSSR count). The van der Waals surface area contributed by atoms with Crippen molar-refractivity contribution in [2.75, 3.05) is 13.2 Å². The van der Waals surface area contributed by atoms with Gasteiger partial charge >= 0.3 is 0 Å². The lowest BCUT2D eigenvalue weighted by atomic mass is 10.3. The highest BCUT2D eigenvalue weighted by Gasteiger charge is 2.23. The standard InChI is InChI=1S/C9H11NO4S/c10-15(11,12)9-3-1-7(2-4-9)13-5-8-6-14-8/h1-4,8H,5-6H2,(H2,10,11,12)/t8-/m1/s1. The summed E-state index contributed by atoms with van der Waals surface area (Å²) in [4.78, 5) is 0.0810. The van der Waals surface area contributed by atoms with Gasteiger partial charge in [0.15, 0.2) is 0 Å². The van der Waals surface area contributed by atoms with Crippen molar-refractivity contribution in [1.29, 1.82) is 0 Å². The van der Waals surface area contributed by atoms with E-state index in [-0.39, 0.29) is 11.0 Å². The largest absolute Gasteiger partial charge is 0.491 e. The van der Waals surface area contributed by atoms with E-state index < -0.39 is 10.0 Å². The van der Waals surface area contributed by atoms with Crippen LogP contribution in [-0.2, 0) is 14.8 Å². The Hall–Kier alpha value is -1.11. The van der Waals surface area contributed by atoms with Crippen LogP contribution in [0.1, 0.15) is 0 Å². The van der Waals surface area contributed by atoms with Gasteiger partial charge in [-0.1, -0.05) is 0 Å². The maximum atomic E-state index is 10.9. The Bertz CT molecular complexity index is 436. The first-order valence-electron chi connectivity index (χ1n) is 4.43. The quantitative estimate of drug-likeness (QED) is 0.743. The van der Waals surface area contributed by atoms with Crippen LogP contribution in [0.15, 0.2) is 29.2 Å². The predicted octanol–water partition coefficient (Wildman–Crippen LogP) is 0.112. The van der Waals surface area contributed by atoms with Gasteiger partial charge in [0.25, 0.3) is 0 Å². The highest BCUT2D eigenvalue weighted by atomic mass is 32.2. The summed E-state index contributed by atoms with van der Waals surface area (Å²) < 4.78 is 32.2. The van der Waals surface area contributed by atoms with Gasteiger partial charge in [-0.15, -0.1) is 0 Å². The summed E-state index contributed by atoms with van der Waals surface area (Å²) >= 11 is 0. The Balaban J connectivity index is 2.02. The maximum absolute atomic E-state index is 10.9. The summed E-state index contributed by atoms with van der Waals surface area (Å²) in [5.41, 5.74) is 0. The molecule has 5 nitrogen and oxygen atoms in total. The Morgan fingerprint density at radius 3 is 2.47 bits per heavy atom. The van der Waals surface area contributed by atoms with Crippen molar-refractivity contribution in [3.05, 3.63) is 24.3 Å². The Morgan fingerprint density at radius 2 is 2.00 bits per heavy atom. The summed E-state index contributed by atoms with van der Waals surface area (Å²) in [6, 6.07) is 5.97. The topological polar surface area (TPSA) is 81.9 Å². The average molecular weight is 229 g/mol. The van der Waals surface area contributed by atoms with E-state index in [4.69, 9.17) is 14.6 Å². The molecule has 82 valence electrons. The van der Waals surface area contributed by atoms with E-state index in [1.807, 2.05) is 0 Å². The number of ether oxygens (including phenoxy) is 2. The fraction of sp³-hybridized carbons (Fsp3) is 0.333. The van der Waals surface area contributed by atoms with Gasteiger partial charge in [-0.05, 0) is 24.3 Å². The molecule has 0 spiro atoms. The Labute approximate surface area is 87.8 Å². The molecule has 1 fully saturated rings. The maximum Gasteiger partial charge on any atom is 0.238 e. The van der Waals surface area contributed by atoms with Crippen LogP contribution in [0, 0.1) is 0 Å². The summed E-state index contributed by atoms with van der Waals surface area (Å²) in [7, 11) is -3.62. The summed E-state index contributed by atoms with van der Waals surface area (Å²) in [5, 5.41) is 4.95. The third-order valence-corrected chi connectivity index (χ3v) is 2.92. The predicted molar refractivity (Wildman–Crippen MR) is 53.1 cm³/mol. The van der Waals surface area contributed by atoms with E-state index in [1.54, 1.807) is 12.1 Å². The molecule has 1 aliphatic heterocycles. The fourth-order valence-corrected chi connectivity index (χ4v) is 1.59. The molecule has 15 heavy (non-hydrogen) atoms. The van der Waals surface area contributed by atoms with Crippen LogP contribution in [0.25, 0.3) is 0 Å². The lowest BCUT2D eigenvalue weighted by Gasteiger charge is -2.04. The number of primary sulfonamides is 1. The van der Waals surface area contributed by atoms with Crippen LogP contribution < -0.4 is 9.88 Å². The normalized spacial score (nSPS) is 19.9. The van der Waals surface area contributed by atoms with Crippen LogP contribution in [-0.4, -0.2) is 27.7 Å². The number of hydrogen-bond acceptors (Lipinski definition) is 4. The molecule has 0 bridgehead atoms. The lowest BCUT2D eigenvalue weighted by Crippen LogP contribution is -2.12. The molecule has 1 atom stereocenters. The number of rotatable bonds is 4. The van der Waals surface area contributed by atoms with Gasteiger partial charge in [0.2, 0.25) is 10.0 Å². The van der Waals surface area contributed by atoms with Crippen molar-refractivity contribution in [2.24, 2.45) is 5.14 Å². The first-order chi connectivity index (χ1) is 7.05. The first kappa shape index (κ1) is 10.4. The molecular weight excluding hydrogens is 218 g/mol. The van der Waals surface area contributed by atoms with Gasteiger partial charge in [-0.3, -0.25) is 0 Å². The molecule has 0 aliphatic carbocycles. The van der Waals surface area contributed by atoms with Gasteiger partial charge in [-0.25, -0.2) is 13.6 Å². The Kier molecular flexibility index (Phi) is 2.64. The molecule has 0 aromatic heterocycles. The number of nitrogens with two attached hydrogens (primary N) is 1. The van der Waals surface area contributed by atoms with E-state index in [0.29, 0.717) is 12.4 Å². The van der Waals surface area contributed by atoms with Gasteiger partial charge in [0.05, 0.1) is 11.5 Å². The van der Waals surface area contributed by atoms with Crippen molar-refractivity contribution >= 4 is 10.0 Å². The number of epoxide rings is 1. The van der Waals surface area contributed by atoms with Crippen LogP contribution >= 0.6 is 0 Å². The average Bonchev–Trinajstić information content (AvgIpc) is 2.97. The van der Waals surface area contributed by atoms with E-state index in [1.165, 1.54) is 12.1 Å². The number of sulfonamides is 1. The smallest absolute Gasteiger partial charge is 0.238 e. The SMILES string of the molecule is NS(=O)(=O)c1ccc(OC[C@@H]2CO2)cc1. The van der Waals surface area contributed by atoms with Crippen LogP contribution in [0.4, 0.5) is 0 Å². The Morgan fingerprint density at radius 1 is 1.40 bits per heavy atom. The highest BCUT2D eigenvalue weighted by Crippen LogP contribution is 2.17. The minimum absolute atomic E-state index is 0.0810. The highest BCUT2D eigenvalue weighted by molar-refractivity contribution is 7.89. The zero-order valence-corrected chi connectivity index (χ0v) is 8.74. The molecule has 1 aromatic rings. The summed E-state index contributed by atoms with van der Waals surface area (Å²) in [6.45, 7) is 1.23. The monoisotopic (exact) mass is 229 g/mol. The van der Waals surface area contributed by atoms with Crippen molar-refractivity contribution < 1.29 is 17.9 Å². The molecule has 6 heteroatoms. The molecule has 0 unspecified atom stereocenters. The number of benzene rings is 1. The molecule has 1 aromatic carbocycles. The lowest BCUT2D eigenvalue weighted by molar-refractivity contribution is 0.263. The fourth-order valence-electron chi connectivity index (χ4n) is 1.08. The van der Waals surface area contributed by atoms with Crippen molar-refractivity contribution in [3.63, 3.8) is 0 Å². The van der Waals surface area contributed by atoms with Gasteiger partial charge in [0.1, 0.15) is 18.5 Å². The second kappa shape index (κ2) is 3.80. The van der Waals surface area contributed by atoms with Crippen molar-refractivity contribution in [2.45, 2.75) is 11.0 Å². The second-order valence-corrected chi connectivity index (χ2v) is 4.84. The minimum Gasteiger partial charge on any atom is -0.491 e. The third-order valence-electron chi connectivity index (χ3n) is 1.99. The van der Waals surface area contributed by atoms with Gasteiger partial charge < -0.3 is 9.47 Å².